The first-order valence-corrected chi connectivity index (χ1v) is 7.56. The molecule has 0 aliphatic heterocycles. The molecule has 0 spiro atoms. The Labute approximate surface area is 142 Å². The molecule has 118 valence electrons. The standard InChI is InChI=1S/C15H13ClN4O2S/c1-10-18-19-15(23)20(10)17-8-11-6-7-12(22-11)9-21-14-5-3-2-4-13(14)16/h2-8H,9H2,1H3,(H,19,23)/b17-8+. The Hall–Kier alpha value is -2.38. The van der Waals surface area contributed by atoms with Crippen LogP contribution < -0.4 is 4.74 Å². The summed E-state index contributed by atoms with van der Waals surface area (Å²) in [5, 5.41) is 11.4. The van der Waals surface area contributed by atoms with Gasteiger partial charge in [-0.05, 0) is 43.4 Å². The fraction of sp³-hybridized carbons (Fsp3) is 0.133. The van der Waals surface area contributed by atoms with Gasteiger partial charge in [0.1, 0.15) is 29.7 Å². The number of nitrogens with one attached hydrogen (secondary N) is 1. The number of rotatable bonds is 5. The van der Waals surface area contributed by atoms with Crippen LogP contribution in [0.2, 0.25) is 5.02 Å². The SMILES string of the molecule is Cc1n[nH]c(=S)n1/N=C/c1ccc(COc2ccccc2Cl)o1. The van der Waals surface area contributed by atoms with Crippen LogP contribution >= 0.6 is 23.8 Å². The lowest BCUT2D eigenvalue weighted by atomic mass is 10.3. The van der Waals surface area contributed by atoms with Gasteiger partial charge in [0.25, 0.3) is 0 Å². The molecule has 1 N–H and O–H groups in total. The highest BCUT2D eigenvalue weighted by atomic mass is 35.5. The molecule has 23 heavy (non-hydrogen) atoms. The lowest BCUT2D eigenvalue weighted by Crippen LogP contribution is -1.94. The zero-order valence-electron chi connectivity index (χ0n) is 12.2. The van der Waals surface area contributed by atoms with Gasteiger partial charge in [-0.2, -0.15) is 14.9 Å². The summed E-state index contributed by atoms with van der Waals surface area (Å²) in [6.07, 6.45) is 1.57. The minimum absolute atomic E-state index is 0.280. The smallest absolute Gasteiger partial charge is 0.216 e. The Kier molecular flexibility index (Phi) is 4.59. The van der Waals surface area contributed by atoms with Gasteiger partial charge in [0.2, 0.25) is 4.77 Å². The number of benzene rings is 1. The van der Waals surface area contributed by atoms with Crippen LogP contribution in [-0.2, 0) is 6.61 Å². The van der Waals surface area contributed by atoms with Gasteiger partial charge in [-0.25, -0.2) is 0 Å². The number of aromatic nitrogens is 3. The first-order chi connectivity index (χ1) is 11.1. The number of nitrogens with zero attached hydrogens (tertiary/aromatic N) is 3. The largest absolute Gasteiger partial charge is 0.484 e. The molecule has 0 aliphatic carbocycles. The zero-order chi connectivity index (χ0) is 16.2. The maximum Gasteiger partial charge on any atom is 0.216 e. The Balaban J connectivity index is 1.67. The number of halogens is 1. The monoisotopic (exact) mass is 348 g/mol. The highest BCUT2D eigenvalue weighted by molar-refractivity contribution is 7.71. The molecule has 0 radical (unpaired) electrons. The summed E-state index contributed by atoms with van der Waals surface area (Å²) in [6, 6.07) is 10.9. The summed E-state index contributed by atoms with van der Waals surface area (Å²) in [5.41, 5.74) is 0. The fourth-order valence-electron chi connectivity index (χ4n) is 1.87. The summed E-state index contributed by atoms with van der Waals surface area (Å²) in [6.45, 7) is 2.08. The van der Waals surface area contributed by atoms with Crippen LogP contribution in [-0.4, -0.2) is 21.1 Å². The van der Waals surface area contributed by atoms with E-state index in [1.54, 1.807) is 31.3 Å². The fourth-order valence-corrected chi connectivity index (χ4v) is 2.29. The second kappa shape index (κ2) is 6.80. The third-order valence-corrected chi connectivity index (χ3v) is 3.58. The van der Waals surface area contributed by atoms with E-state index in [-0.39, 0.29) is 6.61 Å². The van der Waals surface area contributed by atoms with Crippen molar-refractivity contribution in [2.45, 2.75) is 13.5 Å². The molecule has 0 saturated carbocycles. The molecule has 0 aliphatic rings. The number of aryl methyl sites for hydroxylation is 1. The molecule has 0 saturated heterocycles. The van der Waals surface area contributed by atoms with Crippen molar-refractivity contribution < 1.29 is 9.15 Å². The van der Waals surface area contributed by atoms with Crippen LogP contribution in [0, 0.1) is 11.7 Å². The molecule has 8 heteroatoms. The molecule has 3 rings (SSSR count). The van der Waals surface area contributed by atoms with Crippen LogP contribution in [0.15, 0.2) is 45.9 Å². The number of para-hydroxylation sites is 1. The van der Waals surface area contributed by atoms with Gasteiger partial charge >= 0.3 is 0 Å². The normalized spacial score (nSPS) is 11.2. The third kappa shape index (κ3) is 3.69. The van der Waals surface area contributed by atoms with Crippen molar-refractivity contribution in [3.05, 3.63) is 63.5 Å². The van der Waals surface area contributed by atoms with Crippen molar-refractivity contribution >= 4 is 30.0 Å². The molecule has 3 aromatic rings. The molecule has 2 heterocycles. The van der Waals surface area contributed by atoms with Crippen LogP contribution in [0.5, 0.6) is 5.75 Å². The van der Waals surface area contributed by atoms with Gasteiger partial charge in [-0.1, -0.05) is 23.7 Å². The predicted molar refractivity (Wildman–Crippen MR) is 89.6 cm³/mol. The molecule has 0 fully saturated rings. The van der Waals surface area contributed by atoms with Gasteiger partial charge in [0.05, 0.1) is 11.2 Å². The van der Waals surface area contributed by atoms with Gasteiger partial charge < -0.3 is 9.15 Å². The van der Waals surface area contributed by atoms with E-state index in [0.717, 1.165) is 0 Å². The lowest BCUT2D eigenvalue weighted by molar-refractivity contribution is 0.270. The highest BCUT2D eigenvalue weighted by Gasteiger charge is 2.04. The molecule has 2 aromatic heterocycles. The number of hydrogen-bond acceptors (Lipinski definition) is 5. The summed E-state index contributed by atoms with van der Waals surface area (Å²) in [5.74, 6) is 2.53. The van der Waals surface area contributed by atoms with Gasteiger partial charge in [-0.15, -0.1) is 0 Å². The molecule has 1 aromatic carbocycles. The van der Waals surface area contributed by atoms with E-state index in [1.165, 1.54) is 4.68 Å². The first kappa shape index (κ1) is 15.5. The Bertz CT molecular complexity index is 897. The van der Waals surface area contributed by atoms with Crippen LogP contribution in [0.3, 0.4) is 0 Å². The highest BCUT2D eigenvalue weighted by Crippen LogP contribution is 2.24. The van der Waals surface area contributed by atoms with Crippen molar-refractivity contribution in [3.63, 3.8) is 0 Å². The number of ether oxygens (including phenoxy) is 1. The summed E-state index contributed by atoms with van der Waals surface area (Å²) < 4.78 is 13.2. The number of furan rings is 1. The van der Waals surface area contributed by atoms with Gasteiger partial charge in [0.15, 0.2) is 0 Å². The van der Waals surface area contributed by atoms with Crippen LogP contribution in [0.1, 0.15) is 17.3 Å². The van der Waals surface area contributed by atoms with Crippen molar-refractivity contribution in [2.75, 3.05) is 0 Å². The van der Waals surface area contributed by atoms with Gasteiger partial charge in [-0.3, -0.25) is 5.10 Å². The zero-order valence-corrected chi connectivity index (χ0v) is 13.8. The third-order valence-electron chi connectivity index (χ3n) is 3.00. The predicted octanol–water partition coefficient (Wildman–Crippen LogP) is 3.96. The van der Waals surface area contributed by atoms with Crippen molar-refractivity contribution in [1.29, 1.82) is 0 Å². The quantitative estimate of drug-likeness (QED) is 0.559. The van der Waals surface area contributed by atoms with Crippen LogP contribution in [0.25, 0.3) is 0 Å². The Morgan fingerprint density at radius 1 is 1.39 bits per heavy atom. The van der Waals surface area contributed by atoms with E-state index in [2.05, 4.69) is 15.3 Å². The molecule has 0 amide bonds. The number of hydrogen-bond donors (Lipinski definition) is 1. The summed E-state index contributed by atoms with van der Waals surface area (Å²) in [7, 11) is 0. The van der Waals surface area contributed by atoms with E-state index in [1.807, 2.05) is 18.2 Å². The molecular formula is C15H13ClN4O2S. The van der Waals surface area contributed by atoms with E-state index in [4.69, 9.17) is 33.0 Å². The van der Waals surface area contributed by atoms with E-state index in [9.17, 15) is 0 Å². The first-order valence-electron chi connectivity index (χ1n) is 6.78. The molecular weight excluding hydrogens is 336 g/mol. The van der Waals surface area contributed by atoms with Crippen molar-refractivity contribution in [3.8, 4) is 5.75 Å². The topological polar surface area (TPSA) is 68.3 Å². The maximum absolute atomic E-state index is 6.03. The van der Waals surface area contributed by atoms with Crippen molar-refractivity contribution in [2.24, 2.45) is 5.10 Å². The minimum atomic E-state index is 0.280. The van der Waals surface area contributed by atoms with Crippen LogP contribution in [0.4, 0.5) is 0 Å². The van der Waals surface area contributed by atoms with E-state index >= 15 is 0 Å². The Morgan fingerprint density at radius 2 is 2.22 bits per heavy atom. The lowest BCUT2D eigenvalue weighted by Gasteiger charge is -2.05. The molecule has 0 atom stereocenters. The summed E-state index contributed by atoms with van der Waals surface area (Å²) >= 11 is 11.1. The average Bonchev–Trinajstić information content (AvgIpc) is 3.12. The number of H-pyrrole nitrogens is 1. The van der Waals surface area contributed by atoms with Gasteiger partial charge in [0, 0.05) is 0 Å². The maximum atomic E-state index is 6.03. The summed E-state index contributed by atoms with van der Waals surface area (Å²) in [4.78, 5) is 0. The molecule has 0 unspecified atom stereocenters. The van der Waals surface area contributed by atoms with E-state index < -0.39 is 0 Å². The van der Waals surface area contributed by atoms with E-state index in [0.29, 0.717) is 32.9 Å². The minimum Gasteiger partial charge on any atom is -0.484 e. The second-order valence-corrected chi connectivity index (χ2v) is 5.45. The number of aromatic amines is 1. The molecule has 6 nitrogen and oxygen atoms in total. The Morgan fingerprint density at radius 3 is 2.96 bits per heavy atom. The second-order valence-electron chi connectivity index (χ2n) is 4.66. The average molecular weight is 349 g/mol. The van der Waals surface area contributed by atoms with Crippen molar-refractivity contribution in [1.82, 2.24) is 14.9 Å². The molecule has 0 bridgehead atoms.